The van der Waals surface area contributed by atoms with Crippen molar-refractivity contribution in [2.45, 2.75) is 130 Å². The highest BCUT2D eigenvalue weighted by atomic mass is 16.5. The maximum Gasteiger partial charge on any atom is 0.271 e. The van der Waals surface area contributed by atoms with Crippen molar-refractivity contribution >= 4 is 5.91 Å². The molecule has 0 aliphatic heterocycles. The summed E-state index contributed by atoms with van der Waals surface area (Å²) in [6, 6.07) is 7.84. The molecule has 0 aliphatic rings. The van der Waals surface area contributed by atoms with Crippen LogP contribution in [-0.2, 0) is 6.73 Å². The van der Waals surface area contributed by atoms with Gasteiger partial charge in [-0.3, -0.25) is 4.79 Å². The van der Waals surface area contributed by atoms with Crippen LogP contribution in [0.5, 0.6) is 5.75 Å². The Hall–Kier alpha value is -2.30. The van der Waals surface area contributed by atoms with Crippen LogP contribution < -0.4 is 10.1 Å². The number of amides is 1. The fourth-order valence-corrected chi connectivity index (χ4v) is 4.62. The maximum atomic E-state index is 12.4. The molecule has 0 fully saturated rings. The topological polar surface area (TPSA) is 56.2 Å². The normalized spacial score (nSPS) is 11.1. The molecule has 1 amide bonds. The van der Waals surface area contributed by atoms with E-state index in [1.807, 2.05) is 19.1 Å². The molecule has 0 aliphatic carbocycles. The number of unbranched alkanes of at least 4 members (excludes halogenated alkanes) is 15. The first-order chi connectivity index (χ1) is 17.6. The predicted octanol–water partition coefficient (Wildman–Crippen LogP) is 8.53. The van der Waals surface area contributed by atoms with E-state index in [0.717, 1.165) is 17.7 Å². The number of rotatable bonds is 21. The molecule has 2 rings (SSSR count). The van der Waals surface area contributed by atoms with Crippen LogP contribution in [0.1, 0.15) is 131 Å². The van der Waals surface area contributed by atoms with Gasteiger partial charge in [0.05, 0.1) is 0 Å². The Balaban J connectivity index is 1.41. The Morgan fingerprint density at radius 3 is 1.92 bits per heavy atom. The van der Waals surface area contributed by atoms with Crippen LogP contribution >= 0.6 is 0 Å². The van der Waals surface area contributed by atoms with Crippen LogP contribution in [0.15, 0.2) is 30.5 Å². The molecule has 0 spiro atoms. The van der Waals surface area contributed by atoms with Crippen LogP contribution in [0.3, 0.4) is 0 Å². The summed E-state index contributed by atoms with van der Waals surface area (Å²) in [4.78, 5) is 12.4. The number of hydrogen-bond acceptors (Lipinski definition) is 3. The summed E-state index contributed by atoms with van der Waals surface area (Å²) in [6.07, 6.45) is 23.4. The van der Waals surface area contributed by atoms with Gasteiger partial charge in [-0.25, -0.2) is 4.68 Å². The molecule has 202 valence electrons. The molecule has 1 N–H and O–H groups in total. The van der Waals surface area contributed by atoms with E-state index in [4.69, 9.17) is 4.74 Å². The summed E-state index contributed by atoms with van der Waals surface area (Å²) in [5.74, 6) is 0.729. The van der Waals surface area contributed by atoms with Crippen molar-refractivity contribution < 1.29 is 9.53 Å². The number of nitrogens with one attached hydrogen (secondary N) is 1. The van der Waals surface area contributed by atoms with Gasteiger partial charge in [-0.15, -0.1) is 0 Å². The summed E-state index contributed by atoms with van der Waals surface area (Å²) in [6.45, 7) is 7.38. The monoisotopic (exact) mass is 497 g/mol. The van der Waals surface area contributed by atoms with E-state index in [-0.39, 0.29) is 12.6 Å². The molecular weight excluding hydrogens is 446 g/mol. The van der Waals surface area contributed by atoms with E-state index >= 15 is 0 Å². The lowest BCUT2D eigenvalue weighted by atomic mass is 10.0. The fourth-order valence-electron chi connectivity index (χ4n) is 4.62. The zero-order chi connectivity index (χ0) is 25.8. The van der Waals surface area contributed by atoms with Gasteiger partial charge in [-0.2, -0.15) is 5.10 Å². The lowest BCUT2D eigenvalue weighted by Crippen LogP contribution is -2.25. The second-order valence-electron chi connectivity index (χ2n) is 10.3. The maximum absolute atomic E-state index is 12.4. The zero-order valence-corrected chi connectivity index (χ0v) is 23.3. The molecule has 1 aromatic carbocycles. The first-order valence-electron chi connectivity index (χ1n) is 14.6. The Morgan fingerprint density at radius 1 is 0.806 bits per heavy atom. The molecule has 0 unspecified atom stereocenters. The minimum atomic E-state index is -0.110. The van der Waals surface area contributed by atoms with Gasteiger partial charge in [0.2, 0.25) is 0 Å². The largest absolute Gasteiger partial charge is 0.471 e. The predicted molar refractivity (Wildman–Crippen MR) is 151 cm³/mol. The first-order valence-corrected chi connectivity index (χ1v) is 14.6. The molecule has 36 heavy (non-hydrogen) atoms. The highest BCUT2D eigenvalue weighted by molar-refractivity contribution is 5.92. The van der Waals surface area contributed by atoms with Crippen molar-refractivity contribution in [2.24, 2.45) is 0 Å². The molecule has 0 saturated carbocycles. The molecule has 2 aromatic rings. The van der Waals surface area contributed by atoms with E-state index in [9.17, 15) is 4.79 Å². The third kappa shape index (κ3) is 13.1. The summed E-state index contributed by atoms with van der Waals surface area (Å²) >= 11 is 0. The Bertz CT molecular complexity index is 846. The van der Waals surface area contributed by atoms with Gasteiger partial charge in [0.15, 0.2) is 6.73 Å². The molecule has 5 nitrogen and oxygen atoms in total. The third-order valence-corrected chi connectivity index (χ3v) is 6.87. The van der Waals surface area contributed by atoms with Crippen LogP contribution in [-0.4, -0.2) is 22.2 Å². The lowest BCUT2D eigenvalue weighted by Gasteiger charge is -2.09. The van der Waals surface area contributed by atoms with Crippen LogP contribution in [0.25, 0.3) is 0 Å². The third-order valence-electron chi connectivity index (χ3n) is 6.87. The van der Waals surface area contributed by atoms with Crippen molar-refractivity contribution in [1.82, 2.24) is 15.1 Å². The Morgan fingerprint density at radius 2 is 1.36 bits per heavy atom. The van der Waals surface area contributed by atoms with Gasteiger partial charge in [-0.05, 0) is 38.0 Å². The van der Waals surface area contributed by atoms with Gasteiger partial charge in [0, 0.05) is 12.7 Å². The molecule has 1 heterocycles. The number of carbonyl (C=O) groups is 1. The van der Waals surface area contributed by atoms with Gasteiger partial charge >= 0.3 is 0 Å². The van der Waals surface area contributed by atoms with Crippen molar-refractivity contribution in [1.29, 1.82) is 0 Å². The van der Waals surface area contributed by atoms with Crippen LogP contribution in [0.2, 0.25) is 0 Å². The highest BCUT2D eigenvalue weighted by Gasteiger charge is 2.09. The molecule has 0 bridgehead atoms. The van der Waals surface area contributed by atoms with Crippen LogP contribution in [0.4, 0.5) is 0 Å². The summed E-state index contributed by atoms with van der Waals surface area (Å²) in [5.41, 5.74) is 2.75. The van der Waals surface area contributed by atoms with E-state index in [0.29, 0.717) is 12.2 Å². The number of aromatic nitrogens is 2. The van der Waals surface area contributed by atoms with Crippen molar-refractivity contribution in [3.63, 3.8) is 0 Å². The molecular formula is C31H51N3O2. The number of hydrogen-bond donors (Lipinski definition) is 1. The van der Waals surface area contributed by atoms with Gasteiger partial charge in [0.1, 0.15) is 11.4 Å². The standard InChI is InChI=1S/C31H51N3O2/c1-4-5-6-7-8-9-10-11-12-13-14-15-16-17-18-19-23-32-31(35)29-22-24-34(33-29)26-36-30-21-20-27(2)25-28(30)3/h20-22,24-25H,4-19,23,26H2,1-3H3,(H,32,35). The Labute approximate surface area is 220 Å². The fraction of sp³-hybridized carbons (Fsp3) is 0.677. The lowest BCUT2D eigenvalue weighted by molar-refractivity contribution is 0.0946. The number of nitrogens with zero attached hydrogens (tertiary/aromatic N) is 2. The molecule has 5 heteroatoms. The number of ether oxygens (including phenoxy) is 1. The Kier molecular flexibility index (Phi) is 15.7. The first kappa shape index (κ1) is 29.9. The van der Waals surface area contributed by atoms with Gasteiger partial charge in [0.25, 0.3) is 5.91 Å². The summed E-state index contributed by atoms with van der Waals surface area (Å²) in [7, 11) is 0. The van der Waals surface area contributed by atoms with Crippen molar-refractivity contribution in [3.05, 3.63) is 47.3 Å². The minimum Gasteiger partial charge on any atom is -0.471 e. The molecule has 0 saturated heterocycles. The highest BCUT2D eigenvalue weighted by Crippen LogP contribution is 2.19. The van der Waals surface area contributed by atoms with E-state index in [2.05, 4.69) is 30.3 Å². The van der Waals surface area contributed by atoms with E-state index < -0.39 is 0 Å². The molecule has 0 atom stereocenters. The molecule has 1 aromatic heterocycles. The second-order valence-corrected chi connectivity index (χ2v) is 10.3. The van der Waals surface area contributed by atoms with Crippen molar-refractivity contribution in [3.8, 4) is 5.75 Å². The SMILES string of the molecule is CCCCCCCCCCCCCCCCCCNC(=O)c1ccn(COc2ccc(C)cc2C)n1. The zero-order valence-electron chi connectivity index (χ0n) is 23.3. The quantitative estimate of drug-likeness (QED) is 0.176. The average molecular weight is 498 g/mol. The van der Waals surface area contributed by atoms with Gasteiger partial charge in [-0.1, -0.05) is 121 Å². The van der Waals surface area contributed by atoms with Crippen molar-refractivity contribution in [2.75, 3.05) is 6.54 Å². The molecule has 0 radical (unpaired) electrons. The van der Waals surface area contributed by atoms with Gasteiger partial charge < -0.3 is 10.1 Å². The summed E-state index contributed by atoms with van der Waals surface area (Å²) < 4.78 is 7.49. The second kappa shape index (κ2) is 18.9. The number of benzene rings is 1. The van der Waals surface area contributed by atoms with Crippen LogP contribution in [0, 0.1) is 13.8 Å². The van der Waals surface area contributed by atoms with E-state index in [1.54, 1.807) is 16.9 Å². The smallest absolute Gasteiger partial charge is 0.271 e. The summed E-state index contributed by atoms with van der Waals surface area (Å²) in [5, 5.41) is 7.34. The number of aryl methyl sites for hydroxylation is 2. The average Bonchev–Trinajstić information content (AvgIpc) is 3.34. The number of carbonyl (C=O) groups excluding carboxylic acids is 1. The minimum absolute atomic E-state index is 0.110. The van der Waals surface area contributed by atoms with E-state index in [1.165, 1.54) is 102 Å².